The molecule has 1 fully saturated rings. The fourth-order valence-electron chi connectivity index (χ4n) is 2.87. The van der Waals surface area contributed by atoms with E-state index in [2.05, 4.69) is 20.0 Å². The Hall–Kier alpha value is -2.64. The van der Waals surface area contributed by atoms with Crippen LogP contribution in [0.25, 0.3) is 0 Å². The molecular weight excluding hydrogens is 320 g/mol. The van der Waals surface area contributed by atoms with Gasteiger partial charge in [-0.1, -0.05) is 5.16 Å². The Kier molecular flexibility index (Phi) is 5.16. The molecule has 8 heteroatoms. The van der Waals surface area contributed by atoms with Crippen LogP contribution in [0.5, 0.6) is 0 Å². The molecule has 2 aromatic heterocycles. The summed E-state index contributed by atoms with van der Waals surface area (Å²) in [5, 5.41) is 3.83. The molecule has 0 unspecified atom stereocenters. The molecule has 0 radical (unpaired) electrons. The van der Waals surface area contributed by atoms with Gasteiger partial charge in [-0.2, -0.15) is 0 Å². The normalized spacial score (nSPS) is 15.2. The van der Waals surface area contributed by atoms with Gasteiger partial charge in [0.15, 0.2) is 0 Å². The first-order chi connectivity index (χ1) is 12.0. The summed E-state index contributed by atoms with van der Waals surface area (Å²) in [5.74, 6) is 2.38. The van der Waals surface area contributed by atoms with Crippen molar-refractivity contribution in [1.29, 1.82) is 0 Å². The average molecular weight is 344 g/mol. The van der Waals surface area contributed by atoms with Gasteiger partial charge in [0.05, 0.1) is 24.5 Å². The lowest BCUT2D eigenvalue weighted by Gasteiger charge is -2.23. The van der Waals surface area contributed by atoms with Crippen LogP contribution >= 0.6 is 0 Å². The van der Waals surface area contributed by atoms with Crippen molar-refractivity contribution in [1.82, 2.24) is 20.0 Å². The molecule has 0 bridgehead atoms. The van der Waals surface area contributed by atoms with Crippen LogP contribution in [0, 0.1) is 6.92 Å². The van der Waals surface area contributed by atoms with Gasteiger partial charge in [-0.05, 0) is 13.3 Å². The van der Waals surface area contributed by atoms with Gasteiger partial charge in [-0.3, -0.25) is 9.78 Å². The van der Waals surface area contributed by atoms with Gasteiger partial charge >= 0.3 is 0 Å². The largest absolute Gasteiger partial charge is 0.361 e. The van der Waals surface area contributed by atoms with Gasteiger partial charge in [0.2, 0.25) is 5.91 Å². The predicted octanol–water partition coefficient (Wildman–Crippen LogP) is 1.12. The molecule has 0 saturated carbocycles. The quantitative estimate of drug-likeness (QED) is 0.822. The Labute approximate surface area is 147 Å². The lowest BCUT2D eigenvalue weighted by Crippen LogP contribution is -2.36. The maximum atomic E-state index is 12.5. The number of hydrogen-bond acceptors (Lipinski definition) is 7. The summed E-state index contributed by atoms with van der Waals surface area (Å²) in [6.07, 6.45) is 4.68. The molecule has 25 heavy (non-hydrogen) atoms. The fraction of sp³-hybridized carbons (Fsp3) is 0.529. The molecule has 1 saturated heterocycles. The van der Waals surface area contributed by atoms with Gasteiger partial charge in [-0.25, -0.2) is 4.98 Å². The topological polar surface area (TPSA) is 78.6 Å². The van der Waals surface area contributed by atoms with Crippen LogP contribution in [0.2, 0.25) is 0 Å². The lowest BCUT2D eigenvalue weighted by molar-refractivity contribution is -0.130. The maximum Gasteiger partial charge on any atom is 0.230 e. The van der Waals surface area contributed by atoms with Crippen LogP contribution in [0.1, 0.15) is 17.9 Å². The lowest BCUT2D eigenvalue weighted by atomic mass is 10.2. The second-order valence-corrected chi connectivity index (χ2v) is 6.46. The van der Waals surface area contributed by atoms with Crippen molar-refractivity contribution in [3.63, 3.8) is 0 Å². The highest BCUT2D eigenvalue weighted by atomic mass is 16.5. The summed E-state index contributed by atoms with van der Waals surface area (Å²) in [7, 11) is 3.89. The third kappa shape index (κ3) is 4.26. The van der Waals surface area contributed by atoms with E-state index in [0.29, 0.717) is 12.3 Å². The van der Waals surface area contributed by atoms with Crippen LogP contribution in [-0.2, 0) is 11.2 Å². The van der Waals surface area contributed by atoms with Gasteiger partial charge in [-0.15, -0.1) is 0 Å². The Morgan fingerprint density at radius 2 is 2.08 bits per heavy atom. The van der Waals surface area contributed by atoms with Gasteiger partial charge in [0.1, 0.15) is 17.4 Å². The Morgan fingerprint density at radius 1 is 1.24 bits per heavy atom. The number of aryl methyl sites for hydroxylation is 1. The summed E-state index contributed by atoms with van der Waals surface area (Å²) >= 11 is 0. The van der Waals surface area contributed by atoms with E-state index in [1.54, 1.807) is 12.4 Å². The molecule has 0 aliphatic carbocycles. The number of anilines is 2. The maximum absolute atomic E-state index is 12.5. The van der Waals surface area contributed by atoms with Crippen molar-refractivity contribution in [3.05, 3.63) is 29.9 Å². The third-order valence-corrected chi connectivity index (χ3v) is 4.24. The zero-order valence-electron chi connectivity index (χ0n) is 15.0. The zero-order valence-corrected chi connectivity index (χ0v) is 15.0. The van der Waals surface area contributed by atoms with Gasteiger partial charge < -0.3 is 19.2 Å². The van der Waals surface area contributed by atoms with E-state index < -0.39 is 0 Å². The number of nitrogens with zero attached hydrogens (tertiary/aromatic N) is 6. The van der Waals surface area contributed by atoms with Crippen molar-refractivity contribution in [2.24, 2.45) is 0 Å². The molecule has 1 amide bonds. The first kappa shape index (κ1) is 17.2. The number of carbonyl (C=O) groups excluding carboxylic acids is 1. The molecule has 134 valence electrons. The molecule has 8 nitrogen and oxygen atoms in total. The monoisotopic (exact) mass is 344 g/mol. The van der Waals surface area contributed by atoms with Gasteiger partial charge in [0, 0.05) is 46.3 Å². The molecule has 2 aromatic rings. The molecule has 1 aliphatic rings. The van der Waals surface area contributed by atoms with Gasteiger partial charge in [0.25, 0.3) is 0 Å². The second-order valence-electron chi connectivity index (χ2n) is 6.46. The Morgan fingerprint density at radius 3 is 2.80 bits per heavy atom. The van der Waals surface area contributed by atoms with Crippen molar-refractivity contribution in [2.75, 3.05) is 50.1 Å². The van der Waals surface area contributed by atoms with Crippen LogP contribution in [-0.4, -0.2) is 66.2 Å². The number of rotatable bonds is 4. The van der Waals surface area contributed by atoms with E-state index >= 15 is 0 Å². The van der Waals surface area contributed by atoms with Crippen molar-refractivity contribution in [3.8, 4) is 0 Å². The first-order valence-electron chi connectivity index (χ1n) is 8.47. The highest BCUT2D eigenvalue weighted by molar-refractivity contribution is 5.78. The molecule has 3 heterocycles. The summed E-state index contributed by atoms with van der Waals surface area (Å²) in [5.41, 5.74) is 0.796. The van der Waals surface area contributed by atoms with E-state index in [4.69, 9.17) is 4.52 Å². The third-order valence-electron chi connectivity index (χ3n) is 4.24. The van der Waals surface area contributed by atoms with E-state index in [1.165, 1.54) is 0 Å². The molecule has 0 aromatic carbocycles. The average Bonchev–Trinajstić information content (AvgIpc) is 2.86. The Bertz CT molecular complexity index is 729. The minimum absolute atomic E-state index is 0.0751. The van der Waals surface area contributed by atoms with E-state index in [1.807, 2.05) is 36.9 Å². The fourth-order valence-corrected chi connectivity index (χ4v) is 2.87. The Balaban J connectivity index is 1.62. The summed E-state index contributed by atoms with van der Waals surface area (Å²) in [6, 6.07) is 1.81. The number of carbonyl (C=O) groups is 1. The highest BCUT2D eigenvalue weighted by Gasteiger charge is 2.21. The summed E-state index contributed by atoms with van der Waals surface area (Å²) in [4.78, 5) is 27.4. The highest BCUT2D eigenvalue weighted by Crippen LogP contribution is 2.17. The minimum Gasteiger partial charge on any atom is -0.361 e. The van der Waals surface area contributed by atoms with E-state index in [0.717, 1.165) is 43.4 Å². The molecule has 0 N–H and O–H groups in total. The smallest absolute Gasteiger partial charge is 0.230 e. The zero-order chi connectivity index (χ0) is 17.8. The first-order valence-corrected chi connectivity index (χ1v) is 8.47. The standard InChI is InChI=1S/C17H24N6O2/c1-13-9-14(25-20-13)10-17(24)23-6-4-5-22(7-8-23)16-12-18-11-15(19-16)21(2)3/h9,11-12H,4-8,10H2,1-3H3. The summed E-state index contributed by atoms with van der Waals surface area (Å²) in [6.45, 7) is 4.86. The van der Waals surface area contributed by atoms with Crippen LogP contribution in [0.4, 0.5) is 11.6 Å². The van der Waals surface area contributed by atoms with Crippen molar-refractivity contribution >= 4 is 17.5 Å². The van der Waals surface area contributed by atoms with Crippen LogP contribution in [0.15, 0.2) is 23.0 Å². The van der Waals surface area contributed by atoms with Crippen molar-refractivity contribution in [2.45, 2.75) is 19.8 Å². The summed E-state index contributed by atoms with van der Waals surface area (Å²) < 4.78 is 5.15. The number of hydrogen-bond donors (Lipinski definition) is 0. The molecular formula is C17H24N6O2. The van der Waals surface area contributed by atoms with E-state index in [9.17, 15) is 4.79 Å². The number of aromatic nitrogens is 3. The SMILES string of the molecule is Cc1cc(CC(=O)N2CCCN(c3cncc(N(C)C)n3)CC2)on1. The molecule has 1 aliphatic heterocycles. The molecule has 0 spiro atoms. The molecule has 0 atom stereocenters. The van der Waals surface area contributed by atoms with Crippen molar-refractivity contribution < 1.29 is 9.32 Å². The van der Waals surface area contributed by atoms with E-state index in [-0.39, 0.29) is 12.3 Å². The second kappa shape index (κ2) is 7.50. The van der Waals surface area contributed by atoms with Crippen LogP contribution in [0.3, 0.4) is 0 Å². The number of amides is 1. The molecule has 3 rings (SSSR count). The predicted molar refractivity (Wildman–Crippen MR) is 94.7 cm³/mol. The minimum atomic E-state index is 0.0751. The van der Waals surface area contributed by atoms with Crippen LogP contribution < -0.4 is 9.80 Å².